The average molecular weight is 377 g/mol. The topological polar surface area (TPSA) is 92.3 Å². The van der Waals surface area contributed by atoms with Crippen LogP contribution in [0.3, 0.4) is 0 Å². The van der Waals surface area contributed by atoms with Gasteiger partial charge >= 0.3 is 0 Å². The molecule has 2 N–H and O–H groups in total. The molecule has 1 aromatic carbocycles. The number of benzene rings is 1. The van der Waals surface area contributed by atoms with Gasteiger partial charge in [0, 0.05) is 13.1 Å². The molecule has 1 rings (SSSR count). The molecule has 0 radical (unpaired) electrons. The molecule has 138 valence electrons. The third kappa shape index (κ3) is 5.54. The minimum absolute atomic E-state index is 0.166. The second kappa shape index (κ2) is 7.11. The molecule has 0 amide bonds. The van der Waals surface area contributed by atoms with E-state index in [1.807, 2.05) is 0 Å². The first-order chi connectivity index (χ1) is 10.7. The maximum Gasteiger partial charge on any atom is 0.216 e. The summed E-state index contributed by atoms with van der Waals surface area (Å²) in [5.74, 6) is 0. The lowest BCUT2D eigenvalue weighted by atomic mass is 10.1. The molecule has 0 aliphatic heterocycles. The highest BCUT2D eigenvalue weighted by molar-refractivity contribution is 7.91. The van der Waals surface area contributed by atoms with Gasteiger partial charge in [-0.05, 0) is 52.7 Å². The van der Waals surface area contributed by atoms with Crippen molar-refractivity contribution in [3.63, 3.8) is 0 Å². The van der Waals surface area contributed by atoms with E-state index in [2.05, 4.69) is 9.44 Å². The van der Waals surface area contributed by atoms with Gasteiger partial charge in [-0.15, -0.1) is 0 Å². The first kappa shape index (κ1) is 21.1. The van der Waals surface area contributed by atoms with Crippen molar-refractivity contribution in [3.8, 4) is 0 Å². The van der Waals surface area contributed by atoms with Crippen LogP contribution in [0.25, 0.3) is 0 Å². The first-order valence-electron chi connectivity index (χ1n) is 7.72. The molecule has 0 atom stereocenters. The molecule has 8 heteroatoms. The standard InChI is InChI=1S/C16H28N2O4S2/c1-15(2,3)23(19,20)17-11-13-8-7-9-14(10-13)12-18-24(21,22)16(4,5)6/h7-10,17-18H,11-12H2,1-6H3. The summed E-state index contributed by atoms with van der Waals surface area (Å²) < 4.78 is 51.7. The van der Waals surface area contributed by atoms with Gasteiger partial charge in [-0.25, -0.2) is 26.3 Å². The summed E-state index contributed by atoms with van der Waals surface area (Å²) in [6.07, 6.45) is 0. The molecular weight excluding hydrogens is 348 g/mol. The van der Waals surface area contributed by atoms with Crippen LogP contribution < -0.4 is 9.44 Å². The fraction of sp³-hybridized carbons (Fsp3) is 0.625. The molecule has 0 saturated heterocycles. The van der Waals surface area contributed by atoms with Gasteiger partial charge in [-0.1, -0.05) is 24.3 Å². The van der Waals surface area contributed by atoms with Crippen LogP contribution in [0.1, 0.15) is 52.7 Å². The lowest BCUT2D eigenvalue weighted by Crippen LogP contribution is -2.39. The Bertz CT molecular complexity index is 708. The fourth-order valence-electron chi connectivity index (χ4n) is 1.64. The molecule has 0 bridgehead atoms. The summed E-state index contributed by atoms with van der Waals surface area (Å²) in [6, 6.07) is 7.16. The molecule has 0 spiro atoms. The highest BCUT2D eigenvalue weighted by atomic mass is 32.2. The highest BCUT2D eigenvalue weighted by Gasteiger charge is 2.29. The van der Waals surface area contributed by atoms with Gasteiger partial charge in [0.15, 0.2) is 0 Å². The summed E-state index contributed by atoms with van der Waals surface area (Å²) in [6.45, 7) is 10.1. The van der Waals surface area contributed by atoms with Gasteiger partial charge in [0.05, 0.1) is 9.49 Å². The van der Waals surface area contributed by atoms with Gasteiger partial charge < -0.3 is 0 Å². The Labute approximate surface area is 146 Å². The zero-order valence-electron chi connectivity index (χ0n) is 15.2. The molecular formula is C16H28N2O4S2. The lowest BCUT2D eigenvalue weighted by molar-refractivity contribution is 0.544. The smallest absolute Gasteiger partial charge is 0.212 e. The van der Waals surface area contributed by atoms with Crippen LogP contribution in [0, 0.1) is 0 Å². The highest BCUT2D eigenvalue weighted by Crippen LogP contribution is 2.16. The maximum absolute atomic E-state index is 12.1. The Hall–Kier alpha value is -0.960. The predicted molar refractivity (Wildman–Crippen MR) is 97.5 cm³/mol. The summed E-state index contributed by atoms with van der Waals surface area (Å²) in [7, 11) is -6.85. The summed E-state index contributed by atoms with van der Waals surface area (Å²) in [5.41, 5.74) is 1.55. The Balaban J connectivity index is 2.79. The Morgan fingerprint density at radius 1 is 0.750 bits per heavy atom. The Morgan fingerprint density at radius 3 is 1.38 bits per heavy atom. The predicted octanol–water partition coefficient (Wildman–Crippen LogP) is 2.12. The molecule has 0 aromatic heterocycles. The van der Waals surface area contributed by atoms with Crippen molar-refractivity contribution in [2.45, 2.75) is 64.1 Å². The van der Waals surface area contributed by atoms with Crippen molar-refractivity contribution in [1.82, 2.24) is 9.44 Å². The van der Waals surface area contributed by atoms with E-state index in [4.69, 9.17) is 0 Å². The van der Waals surface area contributed by atoms with Crippen molar-refractivity contribution in [2.24, 2.45) is 0 Å². The second-order valence-corrected chi connectivity index (χ2v) is 12.7. The van der Waals surface area contributed by atoms with E-state index in [1.165, 1.54) is 0 Å². The quantitative estimate of drug-likeness (QED) is 0.795. The van der Waals surface area contributed by atoms with E-state index >= 15 is 0 Å². The van der Waals surface area contributed by atoms with Gasteiger partial charge in [0.1, 0.15) is 0 Å². The molecule has 0 aliphatic rings. The van der Waals surface area contributed by atoms with Crippen molar-refractivity contribution in [3.05, 3.63) is 35.4 Å². The van der Waals surface area contributed by atoms with Gasteiger partial charge in [0.25, 0.3) is 0 Å². The van der Waals surface area contributed by atoms with Crippen LogP contribution in [0.2, 0.25) is 0 Å². The summed E-state index contributed by atoms with van der Waals surface area (Å²) >= 11 is 0. The second-order valence-electron chi connectivity index (χ2n) is 7.69. The van der Waals surface area contributed by atoms with Crippen LogP contribution in [0.15, 0.2) is 24.3 Å². The molecule has 6 nitrogen and oxygen atoms in total. The van der Waals surface area contributed by atoms with Crippen LogP contribution in [0.4, 0.5) is 0 Å². The molecule has 24 heavy (non-hydrogen) atoms. The SMILES string of the molecule is CC(C)(C)S(=O)(=O)NCc1cccc(CNS(=O)(=O)C(C)(C)C)c1. The van der Waals surface area contributed by atoms with E-state index in [1.54, 1.807) is 65.8 Å². The van der Waals surface area contributed by atoms with E-state index < -0.39 is 29.5 Å². The van der Waals surface area contributed by atoms with Crippen LogP contribution in [0.5, 0.6) is 0 Å². The molecule has 0 heterocycles. The monoisotopic (exact) mass is 376 g/mol. The van der Waals surface area contributed by atoms with Crippen molar-refractivity contribution >= 4 is 20.0 Å². The van der Waals surface area contributed by atoms with Gasteiger partial charge in [-0.3, -0.25) is 0 Å². The number of hydrogen-bond donors (Lipinski definition) is 2. The number of rotatable bonds is 6. The van der Waals surface area contributed by atoms with Crippen molar-refractivity contribution in [1.29, 1.82) is 0 Å². The minimum atomic E-state index is -3.43. The van der Waals surface area contributed by atoms with Gasteiger partial charge in [0.2, 0.25) is 20.0 Å². The molecule has 0 fully saturated rings. The first-order valence-corrected chi connectivity index (χ1v) is 10.7. The Morgan fingerprint density at radius 2 is 1.08 bits per heavy atom. The van der Waals surface area contributed by atoms with Crippen molar-refractivity contribution < 1.29 is 16.8 Å². The largest absolute Gasteiger partial charge is 0.216 e. The zero-order chi connectivity index (χ0) is 18.8. The van der Waals surface area contributed by atoms with E-state index in [0.717, 1.165) is 11.1 Å². The van der Waals surface area contributed by atoms with Crippen LogP contribution in [-0.4, -0.2) is 26.3 Å². The van der Waals surface area contributed by atoms with Gasteiger partial charge in [-0.2, -0.15) is 0 Å². The van der Waals surface area contributed by atoms with Crippen LogP contribution >= 0.6 is 0 Å². The van der Waals surface area contributed by atoms with E-state index in [9.17, 15) is 16.8 Å². The Kier molecular flexibility index (Phi) is 6.25. The third-order valence-corrected chi connectivity index (χ3v) is 7.81. The molecule has 0 saturated carbocycles. The summed E-state index contributed by atoms with van der Waals surface area (Å²) in [4.78, 5) is 0. The average Bonchev–Trinajstić information content (AvgIpc) is 2.41. The maximum atomic E-state index is 12.1. The summed E-state index contributed by atoms with van der Waals surface area (Å²) in [5, 5.41) is 0. The number of sulfonamides is 2. The molecule has 0 unspecified atom stereocenters. The van der Waals surface area contributed by atoms with E-state index in [0.29, 0.717) is 0 Å². The molecule has 0 aliphatic carbocycles. The molecule has 1 aromatic rings. The van der Waals surface area contributed by atoms with E-state index in [-0.39, 0.29) is 13.1 Å². The van der Waals surface area contributed by atoms with Crippen molar-refractivity contribution in [2.75, 3.05) is 0 Å². The normalized spacial score (nSPS) is 13.9. The minimum Gasteiger partial charge on any atom is -0.212 e. The van der Waals surface area contributed by atoms with Crippen LogP contribution in [-0.2, 0) is 33.1 Å². The zero-order valence-corrected chi connectivity index (χ0v) is 16.8. The third-order valence-electron chi connectivity index (χ3n) is 3.54. The lowest BCUT2D eigenvalue weighted by Gasteiger charge is -2.20. The number of hydrogen-bond acceptors (Lipinski definition) is 4. The number of nitrogens with one attached hydrogen (secondary N) is 2. The fourth-order valence-corrected chi connectivity index (χ4v) is 3.22.